The molecule has 1 nitrogen and oxygen atoms in total. The molecule has 0 rings (SSSR count). The Kier molecular flexibility index (Phi) is 6.09. The van der Waals surface area contributed by atoms with Crippen LogP contribution >= 0.6 is 0 Å². The van der Waals surface area contributed by atoms with Crippen LogP contribution < -0.4 is 0 Å². The van der Waals surface area contributed by atoms with E-state index in [1.807, 2.05) is 6.92 Å². The topological polar surface area (TPSA) is 20.2 Å². The Morgan fingerprint density at radius 1 is 1.42 bits per heavy atom. The van der Waals surface area contributed by atoms with Crippen molar-refractivity contribution in [3.05, 3.63) is 11.6 Å². The molecule has 1 N–H and O–H groups in total. The molecule has 0 amide bonds. The van der Waals surface area contributed by atoms with Gasteiger partial charge in [-0.15, -0.1) is 0 Å². The Labute approximate surface area is 76.5 Å². The third-order valence-corrected chi connectivity index (χ3v) is 2.28. The van der Waals surface area contributed by atoms with Crippen molar-refractivity contribution in [2.24, 2.45) is 5.92 Å². The van der Waals surface area contributed by atoms with Gasteiger partial charge in [0.1, 0.15) is 0 Å². The lowest BCUT2D eigenvalue weighted by Gasteiger charge is -2.18. The predicted octanol–water partition coefficient (Wildman–Crippen LogP) is 3.14. The van der Waals surface area contributed by atoms with E-state index >= 15 is 0 Å². The lowest BCUT2D eigenvalue weighted by molar-refractivity contribution is 0.144. The minimum Gasteiger partial charge on any atom is -0.388 e. The summed E-state index contributed by atoms with van der Waals surface area (Å²) in [5.41, 5.74) is 1.12. The van der Waals surface area contributed by atoms with Crippen molar-refractivity contribution in [2.45, 2.75) is 53.1 Å². The van der Waals surface area contributed by atoms with Gasteiger partial charge in [-0.2, -0.15) is 0 Å². The van der Waals surface area contributed by atoms with E-state index in [4.69, 9.17) is 0 Å². The number of allylic oxidation sites excluding steroid dienone is 1. The minimum absolute atomic E-state index is 0.232. The summed E-state index contributed by atoms with van der Waals surface area (Å²) in [7, 11) is 0. The van der Waals surface area contributed by atoms with E-state index in [9.17, 15) is 5.11 Å². The molecule has 2 atom stereocenters. The second-order valence-electron chi connectivity index (χ2n) is 3.57. The molecule has 0 spiro atoms. The van der Waals surface area contributed by atoms with Crippen molar-refractivity contribution in [3.8, 4) is 0 Å². The third-order valence-electron chi connectivity index (χ3n) is 2.28. The molecule has 12 heavy (non-hydrogen) atoms. The normalized spacial score (nSPS) is 17.6. The van der Waals surface area contributed by atoms with Gasteiger partial charge >= 0.3 is 0 Å². The Morgan fingerprint density at radius 2 is 2.00 bits per heavy atom. The van der Waals surface area contributed by atoms with Gasteiger partial charge in [-0.1, -0.05) is 33.3 Å². The van der Waals surface area contributed by atoms with Crippen molar-refractivity contribution >= 4 is 0 Å². The monoisotopic (exact) mass is 170 g/mol. The molecule has 0 aromatic heterocycles. The average Bonchev–Trinajstić information content (AvgIpc) is 2.04. The van der Waals surface area contributed by atoms with Crippen LogP contribution in [0.4, 0.5) is 0 Å². The lowest BCUT2D eigenvalue weighted by Crippen LogP contribution is -2.18. The van der Waals surface area contributed by atoms with Crippen LogP contribution in [-0.2, 0) is 0 Å². The molecule has 2 unspecified atom stereocenters. The first kappa shape index (κ1) is 11.7. The summed E-state index contributed by atoms with van der Waals surface area (Å²) in [4.78, 5) is 0. The largest absolute Gasteiger partial charge is 0.388 e. The molecule has 0 aromatic carbocycles. The van der Waals surface area contributed by atoms with Gasteiger partial charge in [0.05, 0.1) is 6.10 Å². The molecule has 0 aliphatic heterocycles. The first-order valence-corrected chi connectivity index (χ1v) is 4.98. The summed E-state index contributed by atoms with van der Waals surface area (Å²) < 4.78 is 0. The molecule has 0 heterocycles. The molecule has 0 bridgehead atoms. The molecule has 0 aliphatic carbocycles. The Balaban J connectivity index is 3.99. The van der Waals surface area contributed by atoms with Crippen LogP contribution in [-0.4, -0.2) is 11.2 Å². The van der Waals surface area contributed by atoms with Gasteiger partial charge in [-0.3, -0.25) is 0 Å². The number of hydrogen-bond donors (Lipinski definition) is 1. The molecule has 1 heteroatoms. The van der Waals surface area contributed by atoms with Crippen LogP contribution in [0.5, 0.6) is 0 Å². The Bertz CT molecular complexity index is 138. The fraction of sp³-hybridized carbons (Fsp3) is 0.818. The van der Waals surface area contributed by atoms with Gasteiger partial charge in [0.25, 0.3) is 0 Å². The summed E-state index contributed by atoms with van der Waals surface area (Å²) in [6, 6.07) is 0. The second-order valence-corrected chi connectivity index (χ2v) is 3.57. The molecule has 0 aliphatic rings. The fourth-order valence-corrected chi connectivity index (χ4v) is 1.50. The Hall–Kier alpha value is -0.300. The van der Waals surface area contributed by atoms with Gasteiger partial charge in [-0.25, -0.2) is 0 Å². The first-order chi connectivity index (χ1) is 5.63. The summed E-state index contributed by atoms with van der Waals surface area (Å²) in [6.45, 7) is 8.38. The molecule has 72 valence electrons. The number of hydrogen-bond acceptors (Lipinski definition) is 1. The van der Waals surface area contributed by atoms with Crippen molar-refractivity contribution in [1.82, 2.24) is 0 Å². The summed E-state index contributed by atoms with van der Waals surface area (Å²) >= 11 is 0. The van der Waals surface area contributed by atoms with E-state index in [1.165, 1.54) is 0 Å². The fourth-order valence-electron chi connectivity index (χ4n) is 1.50. The maximum Gasteiger partial charge on any atom is 0.0772 e. The van der Waals surface area contributed by atoms with Crippen LogP contribution in [0.3, 0.4) is 0 Å². The van der Waals surface area contributed by atoms with Crippen molar-refractivity contribution in [3.63, 3.8) is 0 Å². The van der Waals surface area contributed by atoms with Gasteiger partial charge in [0.2, 0.25) is 0 Å². The van der Waals surface area contributed by atoms with Crippen molar-refractivity contribution < 1.29 is 5.11 Å². The zero-order valence-electron chi connectivity index (χ0n) is 8.80. The van der Waals surface area contributed by atoms with Crippen molar-refractivity contribution in [1.29, 1.82) is 0 Å². The van der Waals surface area contributed by atoms with Crippen molar-refractivity contribution in [2.75, 3.05) is 0 Å². The highest BCUT2D eigenvalue weighted by molar-refractivity contribution is 5.05. The zero-order chi connectivity index (χ0) is 9.56. The molecule has 0 saturated heterocycles. The van der Waals surface area contributed by atoms with Crippen LogP contribution in [0.15, 0.2) is 11.6 Å². The second kappa shape index (κ2) is 6.24. The van der Waals surface area contributed by atoms with Gasteiger partial charge in [-0.05, 0) is 31.3 Å². The Morgan fingerprint density at radius 3 is 2.42 bits per heavy atom. The number of aliphatic hydroxyl groups excluding tert-OH is 1. The van der Waals surface area contributed by atoms with E-state index in [0.717, 1.165) is 24.8 Å². The minimum atomic E-state index is -0.232. The first-order valence-electron chi connectivity index (χ1n) is 4.98. The molecule has 0 fully saturated rings. The average molecular weight is 170 g/mol. The lowest BCUT2D eigenvalue weighted by atomic mass is 9.94. The van der Waals surface area contributed by atoms with Crippen LogP contribution in [0.25, 0.3) is 0 Å². The van der Waals surface area contributed by atoms with Gasteiger partial charge in [0.15, 0.2) is 0 Å². The molecular weight excluding hydrogens is 148 g/mol. The van der Waals surface area contributed by atoms with Crippen LogP contribution in [0.1, 0.15) is 47.0 Å². The summed E-state index contributed by atoms with van der Waals surface area (Å²) in [5.74, 6) is 0.401. The van der Waals surface area contributed by atoms with Gasteiger partial charge < -0.3 is 5.11 Å². The van der Waals surface area contributed by atoms with E-state index in [1.54, 1.807) is 0 Å². The van der Waals surface area contributed by atoms with Crippen LogP contribution in [0.2, 0.25) is 0 Å². The zero-order valence-corrected chi connectivity index (χ0v) is 8.80. The molecule has 0 aromatic rings. The summed E-state index contributed by atoms with van der Waals surface area (Å²) in [6.07, 6.45) is 5.15. The SMILES string of the molecule is CC/C=C(\C)C(O)C(C)CCC. The maximum absolute atomic E-state index is 9.78. The quantitative estimate of drug-likeness (QED) is 0.628. The van der Waals surface area contributed by atoms with E-state index in [-0.39, 0.29) is 6.10 Å². The van der Waals surface area contributed by atoms with E-state index < -0.39 is 0 Å². The van der Waals surface area contributed by atoms with E-state index in [0.29, 0.717) is 5.92 Å². The molecule has 0 radical (unpaired) electrons. The molecule has 0 saturated carbocycles. The highest BCUT2D eigenvalue weighted by Crippen LogP contribution is 2.17. The third kappa shape index (κ3) is 3.91. The maximum atomic E-state index is 9.78. The van der Waals surface area contributed by atoms with E-state index in [2.05, 4.69) is 26.8 Å². The molecular formula is C11H22O. The van der Waals surface area contributed by atoms with Gasteiger partial charge in [0, 0.05) is 0 Å². The summed E-state index contributed by atoms with van der Waals surface area (Å²) in [5, 5.41) is 9.78. The number of rotatable bonds is 5. The van der Waals surface area contributed by atoms with Crippen LogP contribution in [0, 0.1) is 5.92 Å². The highest BCUT2D eigenvalue weighted by atomic mass is 16.3. The standard InChI is InChI=1S/C11H22O/c1-5-7-9(3)11(12)10(4)8-6-2/h7,10-12H,5-6,8H2,1-4H3/b9-7+. The predicted molar refractivity (Wildman–Crippen MR) is 54.1 cm³/mol. The number of aliphatic hydroxyl groups is 1. The highest BCUT2D eigenvalue weighted by Gasteiger charge is 2.13. The smallest absolute Gasteiger partial charge is 0.0772 e.